The minimum Gasteiger partial charge on any atom is -0.497 e. The third-order valence-electron chi connectivity index (χ3n) is 4.42. The fourth-order valence-corrected chi connectivity index (χ4v) is 2.90. The van der Waals surface area contributed by atoms with Crippen LogP contribution in [0, 0.1) is 10.1 Å². The zero-order chi connectivity index (χ0) is 19.9. The number of nitro groups is 1. The molecule has 1 atom stereocenters. The van der Waals surface area contributed by atoms with Crippen molar-refractivity contribution in [2.24, 2.45) is 0 Å². The van der Waals surface area contributed by atoms with E-state index in [2.05, 4.69) is 5.32 Å². The molecule has 3 rings (SSSR count). The van der Waals surface area contributed by atoms with Crippen molar-refractivity contribution in [1.82, 2.24) is 0 Å². The summed E-state index contributed by atoms with van der Waals surface area (Å²) >= 11 is 0. The van der Waals surface area contributed by atoms with Gasteiger partial charge in [-0.1, -0.05) is 30.3 Å². The topological polar surface area (TPSA) is 81.5 Å². The minimum absolute atomic E-state index is 0.00841. The number of hydrogen-bond donors (Lipinski definition) is 1. The molecule has 0 aromatic heterocycles. The molecule has 1 unspecified atom stereocenters. The van der Waals surface area contributed by atoms with Gasteiger partial charge >= 0.3 is 0 Å². The maximum absolute atomic E-state index is 12.8. The third-order valence-corrected chi connectivity index (χ3v) is 4.42. The Morgan fingerprint density at radius 3 is 2.21 bits per heavy atom. The molecule has 0 fully saturated rings. The lowest BCUT2D eigenvalue weighted by Crippen LogP contribution is -2.15. The van der Waals surface area contributed by atoms with Gasteiger partial charge in [0.2, 0.25) is 0 Å². The molecule has 0 aliphatic carbocycles. The summed E-state index contributed by atoms with van der Waals surface area (Å²) in [4.78, 5) is 23.2. The zero-order valence-electron chi connectivity index (χ0n) is 15.4. The molecule has 3 aromatic rings. The van der Waals surface area contributed by atoms with Crippen LogP contribution in [0.25, 0.3) is 0 Å². The van der Waals surface area contributed by atoms with Gasteiger partial charge in [-0.25, -0.2) is 0 Å². The van der Waals surface area contributed by atoms with Crippen LogP contribution in [0.5, 0.6) is 5.75 Å². The summed E-state index contributed by atoms with van der Waals surface area (Å²) in [5, 5.41) is 14.2. The van der Waals surface area contributed by atoms with Gasteiger partial charge in [0.1, 0.15) is 5.75 Å². The molecular formula is C22H20N2O4. The number of nitrogens with zero attached hydrogens (tertiary/aromatic N) is 1. The number of methoxy groups -OCH3 is 1. The lowest BCUT2D eigenvalue weighted by Gasteiger charge is -2.20. The summed E-state index contributed by atoms with van der Waals surface area (Å²) in [6.07, 6.45) is 0.243. The average Bonchev–Trinajstić information content (AvgIpc) is 2.74. The van der Waals surface area contributed by atoms with Crippen molar-refractivity contribution in [2.75, 3.05) is 12.4 Å². The van der Waals surface area contributed by atoms with E-state index in [9.17, 15) is 14.9 Å². The quantitative estimate of drug-likeness (QED) is 0.339. The number of ketones is 1. The zero-order valence-corrected chi connectivity index (χ0v) is 15.4. The second-order valence-corrected chi connectivity index (χ2v) is 6.27. The van der Waals surface area contributed by atoms with E-state index < -0.39 is 4.92 Å². The van der Waals surface area contributed by atoms with Crippen molar-refractivity contribution in [2.45, 2.75) is 12.5 Å². The van der Waals surface area contributed by atoms with Crippen molar-refractivity contribution in [3.8, 4) is 5.75 Å². The Labute approximate surface area is 162 Å². The Morgan fingerprint density at radius 1 is 1.00 bits per heavy atom. The van der Waals surface area contributed by atoms with Gasteiger partial charge in [0.05, 0.1) is 18.1 Å². The predicted octanol–water partition coefficient (Wildman–Crippen LogP) is 5.03. The molecule has 0 bridgehead atoms. The first-order valence-electron chi connectivity index (χ1n) is 8.80. The normalized spacial score (nSPS) is 11.5. The number of rotatable bonds is 8. The van der Waals surface area contributed by atoms with E-state index in [4.69, 9.17) is 4.74 Å². The van der Waals surface area contributed by atoms with E-state index in [1.165, 1.54) is 12.1 Å². The molecule has 6 heteroatoms. The Hall–Kier alpha value is -3.67. The van der Waals surface area contributed by atoms with Gasteiger partial charge in [-0.05, 0) is 42.0 Å². The van der Waals surface area contributed by atoms with Crippen molar-refractivity contribution in [3.05, 3.63) is 100 Å². The molecule has 142 valence electrons. The number of non-ortho nitro benzene ring substituents is 1. The lowest BCUT2D eigenvalue weighted by atomic mass is 9.97. The SMILES string of the molecule is COc1ccc(C(=O)CC(Nc2ccc([N+](=O)[O-])cc2)c2ccccc2)cc1. The fourth-order valence-electron chi connectivity index (χ4n) is 2.90. The molecule has 1 N–H and O–H groups in total. The van der Waals surface area contributed by atoms with Gasteiger partial charge in [0, 0.05) is 29.8 Å². The smallest absolute Gasteiger partial charge is 0.269 e. The van der Waals surface area contributed by atoms with E-state index in [0.29, 0.717) is 17.0 Å². The van der Waals surface area contributed by atoms with E-state index in [0.717, 1.165) is 5.56 Å². The first-order chi connectivity index (χ1) is 13.6. The molecule has 6 nitrogen and oxygen atoms in total. The maximum atomic E-state index is 12.8. The van der Waals surface area contributed by atoms with Crippen LogP contribution >= 0.6 is 0 Å². The van der Waals surface area contributed by atoms with Gasteiger partial charge in [0.15, 0.2) is 5.78 Å². The molecule has 0 aliphatic heterocycles. The molecule has 0 saturated heterocycles. The number of benzene rings is 3. The highest BCUT2D eigenvalue weighted by Gasteiger charge is 2.18. The Balaban J connectivity index is 1.80. The average molecular weight is 376 g/mol. The van der Waals surface area contributed by atoms with E-state index in [1.54, 1.807) is 43.5 Å². The minimum atomic E-state index is -0.439. The monoisotopic (exact) mass is 376 g/mol. The summed E-state index contributed by atoms with van der Waals surface area (Å²) in [5.41, 5.74) is 2.30. The number of ether oxygens (including phenoxy) is 1. The van der Waals surface area contributed by atoms with Crippen LogP contribution in [-0.2, 0) is 0 Å². The molecule has 28 heavy (non-hydrogen) atoms. The number of nitro benzene ring substituents is 1. The van der Waals surface area contributed by atoms with Crippen LogP contribution in [0.3, 0.4) is 0 Å². The molecule has 3 aromatic carbocycles. The van der Waals surface area contributed by atoms with Gasteiger partial charge in [-0.15, -0.1) is 0 Å². The van der Waals surface area contributed by atoms with E-state index in [-0.39, 0.29) is 23.9 Å². The standard InChI is InChI=1S/C22H20N2O4/c1-28-20-13-7-17(8-14-20)22(25)15-21(16-5-3-2-4-6-16)23-18-9-11-19(12-10-18)24(26)27/h2-14,21,23H,15H2,1H3. The number of carbonyl (C=O) groups is 1. The highest BCUT2D eigenvalue weighted by atomic mass is 16.6. The maximum Gasteiger partial charge on any atom is 0.269 e. The molecule has 0 spiro atoms. The van der Waals surface area contributed by atoms with Crippen LogP contribution in [-0.4, -0.2) is 17.8 Å². The second kappa shape index (κ2) is 8.81. The van der Waals surface area contributed by atoms with Crippen LogP contribution in [0.4, 0.5) is 11.4 Å². The lowest BCUT2D eigenvalue weighted by molar-refractivity contribution is -0.384. The highest BCUT2D eigenvalue weighted by molar-refractivity contribution is 5.96. The van der Waals surface area contributed by atoms with Crippen molar-refractivity contribution in [1.29, 1.82) is 0 Å². The van der Waals surface area contributed by atoms with Gasteiger partial charge in [-0.2, -0.15) is 0 Å². The van der Waals surface area contributed by atoms with Crippen LogP contribution in [0.1, 0.15) is 28.4 Å². The summed E-state index contributed by atoms with van der Waals surface area (Å²) in [6.45, 7) is 0. The molecule has 0 heterocycles. The van der Waals surface area contributed by atoms with Gasteiger partial charge < -0.3 is 10.1 Å². The first kappa shape index (κ1) is 19.1. The Kier molecular flexibility index (Phi) is 6.01. The van der Waals surface area contributed by atoms with E-state index in [1.807, 2.05) is 30.3 Å². The van der Waals surface area contributed by atoms with Crippen molar-refractivity contribution < 1.29 is 14.5 Å². The molecule has 0 saturated carbocycles. The highest BCUT2D eigenvalue weighted by Crippen LogP contribution is 2.26. The first-order valence-corrected chi connectivity index (χ1v) is 8.80. The number of nitrogens with one attached hydrogen (secondary N) is 1. The van der Waals surface area contributed by atoms with E-state index >= 15 is 0 Å². The van der Waals surface area contributed by atoms with Crippen molar-refractivity contribution >= 4 is 17.2 Å². The number of carbonyl (C=O) groups excluding carboxylic acids is 1. The van der Waals surface area contributed by atoms with Crippen LogP contribution in [0.15, 0.2) is 78.9 Å². The summed E-state index contributed by atoms with van der Waals surface area (Å²) < 4.78 is 5.13. The Bertz CT molecular complexity index is 939. The van der Waals surface area contributed by atoms with Crippen LogP contribution < -0.4 is 10.1 Å². The molecule has 0 aliphatic rings. The number of Topliss-reactive ketones (excluding diaryl/α,β-unsaturated/α-hetero) is 1. The molecule has 0 amide bonds. The second-order valence-electron chi connectivity index (χ2n) is 6.27. The Morgan fingerprint density at radius 2 is 1.64 bits per heavy atom. The molecule has 0 radical (unpaired) electrons. The third kappa shape index (κ3) is 4.73. The summed E-state index contributed by atoms with van der Waals surface area (Å²) in [7, 11) is 1.58. The van der Waals surface area contributed by atoms with Crippen LogP contribution in [0.2, 0.25) is 0 Å². The summed E-state index contributed by atoms with van der Waals surface area (Å²) in [6, 6.07) is 22.6. The summed E-state index contributed by atoms with van der Waals surface area (Å²) in [5.74, 6) is 0.686. The predicted molar refractivity (Wildman–Crippen MR) is 108 cm³/mol. The van der Waals surface area contributed by atoms with Gasteiger partial charge in [-0.3, -0.25) is 14.9 Å². The number of hydrogen-bond acceptors (Lipinski definition) is 5. The largest absolute Gasteiger partial charge is 0.497 e. The van der Waals surface area contributed by atoms with Gasteiger partial charge in [0.25, 0.3) is 5.69 Å². The number of anilines is 1. The van der Waals surface area contributed by atoms with Crippen molar-refractivity contribution in [3.63, 3.8) is 0 Å². The fraction of sp³-hybridized carbons (Fsp3) is 0.136. The molecular weight excluding hydrogens is 356 g/mol.